The Balaban J connectivity index is 4.47. The molecule has 1 unspecified atom stereocenters. The molecule has 0 bridgehead atoms. The fourth-order valence-corrected chi connectivity index (χ4v) is 7.83. The number of esters is 3. The molecule has 0 saturated heterocycles. The second-order valence-electron chi connectivity index (χ2n) is 19.2. The molecule has 0 rings (SSSR count). The summed E-state index contributed by atoms with van der Waals surface area (Å²) in [5.74, 6) is -0.977. The van der Waals surface area contributed by atoms with Gasteiger partial charge in [0.2, 0.25) is 0 Å². The van der Waals surface area contributed by atoms with E-state index in [0.717, 1.165) is 103 Å². The molecule has 0 N–H and O–H groups in total. The van der Waals surface area contributed by atoms with Gasteiger partial charge >= 0.3 is 17.9 Å². The van der Waals surface area contributed by atoms with Crippen LogP contribution in [0.1, 0.15) is 265 Å². The van der Waals surface area contributed by atoms with Gasteiger partial charge in [-0.15, -0.1) is 0 Å². The minimum Gasteiger partial charge on any atom is -0.462 e. The molecule has 0 aromatic carbocycles. The fourth-order valence-electron chi connectivity index (χ4n) is 7.83. The van der Waals surface area contributed by atoms with Crippen molar-refractivity contribution in [2.45, 2.75) is 271 Å². The average molecular weight is 986 g/mol. The Bertz CT molecular complexity index is 1460. The first kappa shape index (κ1) is 67.1. The van der Waals surface area contributed by atoms with E-state index in [2.05, 4.69) is 130 Å². The van der Waals surface area contributed by atoms with E-state index in [1.54, 1.807) is 0 Å². The van der Waals surface area contributed by atoms with Gasteiger partial charge in [-0.3, -0.25) is 14.4 Å². The summed E-state index contributed by atoms with van der Waals surface area (Å²) >= 11 is 0. The van der Waals surface area contributed by atoms with Crippen LogP contribution >= 0.6 is 0 Å². The van der Waals surface area contributed by atoms with Crippen molar-refractivity contribution in [1.29, 1.82) is 0 Å². The molecule has 0 spiro atoms. The molecule has 0 saturated carbocycles. The lowest BCUT2D eigenvalue weighted by Gasteiger charge is -2.18. The minimum atomic E-state index is -0.809. The van der Waals surface area contributed by atoms with Crippen LogP contribution in [0, 0.1) is 0 Å². The van der Waals surface area contributed by atoms with Crippen molar-refractivity contribution in [3.05, 3.63) is 109 Å². The second kappa shape index (κ2) is 58.6. The Morgan fingerprint density at radius 3 is 0.958 bits per heavy atom. The molecule has 0 aromatic rings. The maximum Gasteiger partial charge on any atom is 0.306 e. The maximum atomic E-state index is 12.9. The van der Waals surface area contributed by atoms with Gasteiger partial charge in [-0.2, -0.15) is 0 Å². The van der Waals surface area contributed by atoms with E-state index in [9.17, 15) is 14.4 Å². The first-order valence-electron chi connectivity index (χ1n) is 29.4. The molecule has 404 valence electrons. The minimum absolute atomic E-state index is 0.103. The van der Waals surface area contributed by atoms with Crippen LogP contribution < -0.4 is 0 Å². The van der Waals surface area contributed by atoms with Crippen LogP contribution in [-0.2, 0) is 28.6 Å². The average Bonchev–Trinajstić information content (AvgIpc) is 3.37. The highest BCUT2D eigenvalue weighted by Gasteiger charge is 2.19. The molecule has 0 fully saturated rings. The lowest BCUT2D eigenvalue weighted by atomic mass is 10.1. The third kappa shape index (κ3) is 56.9. The Hall–Kier alpha value is -3.93. The molecule has 0 aliphatic rings. The molecule has 0 amide bonds. The van der Waals surface area contributed by atoms with Gasteiger partial charge in [0.25, 0.3) is 0 Å². The monoisotopic (exact) mass is 985 g/mol. The van der Waals surface area contributed by atoms with E-state index in [-0.39, 0.29) is 37.5 Å². The second-order valence-corrected chi connectivity index (χ2v) is 19.2. The van der Waals surface area contributed by atoms with E-state index in [1.807, 2.05) is 0 Å². The molecule has 0 radical (unpaired) electrons. The van der Waals surface area contributed by atoms with Crippen molar-refractivity contribution in [2.75, 3.05) is 13.2 Å². The van der Waals surface area contributed by atoms with Crippen LogP contribution in [0.25, 0.3) is 0 Å². The number of allylic oxidation sites excluding steroid dienone is 18. The molecular formula is C65H108O6. The van der Waals surface area contributed by atoms with Crippen LogP contribution in [0.4, 0.5) is 0 Å². The number of hydrogen-bond acceptors (Lipinski definition) is 6. The first-order chi connectivity index (χ1) is 35.0. The van der Waals surface area contributed by atoms with Crippen LogP contribution in [0.3, 0.4) is 0 Å². The largest absolute Gasteiger partial charge is 0.462 e. The van der Waals surface area contributed by atoms with E-state index < -0.39 is 6.10 Å². The standard InChI is InChI=1S/C65H108O6/c1-4-7-10-13-16-19-22-25-27-29-31-32-33-34-35-37-38-40-43-46-49-52-55-58-64(67)70-61-62(60-69-63(66)57-54-51-48-45-42-24-21-18-15-12-9-6-3)71-65(68)59-56-53-50-47-44-41-39-36-30-28-26-23-20-17-14-11-8-5-2/h7,10,16,18-19,21,25,27-28,30-32,34-35,38,40,46,49,62H,4-6,8-9,11-15,17,20,22-24,26,29,33,36-37,39,41-45,47-48,50-61H2,1-3H3/b10-7-,19-16-,21-18-,27-25-,30-28-,32-31-,35-34-,40-38-,49-46-. The van der Waals surface area contributed by atoms with Gasteiger partial charge in [0.05, 0.1) is 0 Å². The molecule has 1 atom stereocenters. The highest BCUT2D eigenvalue weighted by atomic mass is 16.6. The highest BCUT2D eigenvalue weighted by molar-refractivity contribution is 5.71. The van der Waals surface area contributed by atoms with Gasteiger partial charge < -0.3 is 14.2 Å². The number of rotatable bonds is 52. The predicted octanol–water partition coefficient (Wildman–Crippen LogP) is 19.9. The molecule has 6 nitrogen and oxygen atoms in total. The summed E-state index contributed by atoms with van der Waals surface area (Å²) in [7, 11) is 0. The number of carbonyl (C=O) groups excluding carboxylic acids is 3. The van der Waals surface area contributed by atoms with Crippen molar-refractivity contribution in [3.8, 4) is 0 Å². The summed E-state index contributed by atoms with van der Waals surface area (Å²) in [6.45, 7) is 6.44. The third-order valence-electron chi connectivity index (χ3n) is 12.2. The Morgan fingerprint density at radius 1 is 0.296 bits per heavy atom. The van der Waals surface area contributed by atoms with E-state index in [4.69, 9.17) is 14.2 Å². The van der Waals surface area contributed by atoms with Crippen molar-refractivity contribution >= 4 is 17.9 Å². The van der Waals surface area contributed by atoms with Crippen LogP contribution in [0.2, 0.25) is 0 Å². The van der Waals surface area contributed by atoms with Crippen LogP contribution in [-0.4, -0.2) is 37.2 Å². The predicted molar refractivity (Wildman–Crippen MR) is 307 cm³/mol. The topological polar surface area (TPSA) is 78.9 Å². The Kier molecular flexibility index (Phi) is 55.4. The van der Waals surface area contributed by atoms with E-state index in [0.29, 0.717) is 19.3 Å². The summed E-state index contributed by atoms with van der Waals surface area (Å²) in [4.78, 5) is 38.1. The fraction of sp³-hybridized carbons (Fsp3) is 0.677. The molecule has 6 heteroatoms. The lowest BCUT2D eigenvalue weighted by Crippen LogP contribution is -2.30. The van der Waals surface area contributed by atoms with Gasteiger partial charge in [-0.25, -0.2) is 0 Å². The first-order valence-corrected chi connectivity index (χ1v) is 29.4. The summed E-state index contributed by atoms with van der Waals surface area (Å²) in [6.07, 6.45) is 79.4. The van der Waals surface area contributed by atoms with Gasteiger partial charge in [-0.05, 0) is 122 Å². The molecule has 0 aliphatic heterocycles. The van der Waals surface area contributed by atoms with Crippen molar-refractivity contribution < 1.29 is 28.6 Å². The van der Waals surface area contributed by atoms with Crippen LogP contribution in [0.5, 0.6) is 0 Å². The number of unbranched alkanes of at least 4 members (excludes halogenated alkanes) is 23. The quantitative estimate of drug-likeness (QED) is 0.0261. The van der Waals surface area contributed by atoms with Gasteiger partial charge in [-0.1, -0.05) is 233 Å². The smallest absolute Gasteiger partial charge is 0.306 e. The summed E-state index contributed by atoms with van der Waals surface area (Å²) < 4.78 is 16.8. The number of carbonyl (C=O) groups is 3. The maximum absolute atomic E-state index is 12.9. The highest BCUT2D eigenvalue weighted by Crippen LogP contribution is 2.14. The summed E-state index contributed by atoms with van der Waals surface area (Å²) in [5, 5.41) is 0. The lowest BCUT2D eigenvalue weighted by molar-refractivity contribution is -0.167. The molecular weight excluding hydrogens is 877 g/mol. The summed E-state index contributed by atoms with van der Waals surface area (Å²) in [5.41, 5.74) is 0. The zero-order valence-corrected chi connectivity index (χ0v) is 46.2. The Morgan fingerprint density at radius 2 is 0.563 bits per heavy atom. The SMILES string of the molecule is CC/C=C\C/C=C\C/C=C\C/C=C\C/C=C\C/C=C\C/C=C\CCCC(=O)OCC(COC(=O)CCCCCCC/C=C\CCCCC)OC(=O)CCCCCCCCC/C=C\CCCCCCCCC. The van der Waals surface area contributed by atoms with E-state index >= 15 is 0 Å². The van der Waals surface area contributed by atoms with E-state index in [1.165, 1.54) is 116 Å². The molecule has 0 aliphatic carbocycles. The van der Waals surface area contributed by atoms with Crippen LogP contribution in [0.15, 0.2) is 109 Å². The van der Waals surface area contributed by atoms with Crippen molar-refractivity contribution in [2.24, 2.45) is 0 Å². The molecule has 71 heavy (non-hydrogen) atoms. The molecule has 0 heterocycles. The zero-order chi connectivity index (χ0) is 51.4. The van der Waals surface area contributed by atoms with Gasteiger partial charge in [0.15, 0.2) is 6.10 Å². The van der Waals surface area contributed by atoms with Gasteiger partial charge in [0, 0.05) is 19.3 Å². The zero-order valence-electron chi connectivity index (χ0n) is 46.2. The molecule has 0 aromatic heterocycles. The third-order valence-corrected chi connectivity index (χ3v) is 12.2. The number of ether oxygens (including phenoxy) is 3. The van der Waals surface area contributed by atoms with Crippen molar-refractivity contribution in [3.63, 3.8) is 0 Å². The van der Waals surface area contributed by atoms with Crippen molar-refractivity contribution in [1.82, 2.24) is 0 Å². The Labute approximate surface area is 438 Å². The summed E-state index contributed by atoms with van der Waals surface area (Å²) in [6, 6.07) is 0. The normalized spacial score (nSPS) is 12.9. The number of hydrogen-bond donors (Lipinski definition) is 0. The van der Waals surface area contributed by atoms with Gasteiger partial charge in [0.1, 0.15) is 13.2 Å².